The van der Waals surface area contributed by atoms with Crippen molar-refractivity contribution in [1.29, 1.82) is 0 Å². The monoisotopic (exact) mass is 190 g/mol. The van der Waals surface area contributed by atoms with Gasteiger partial charge in [0.15, 0.2) is 0 Å². The molecule has 1 aromatic carbocycles. The van der Waals surface area contributed by atoms with Gasteiger partial charge in [-0.05, 0) is 18.1 Å². The number of hydrogen-bond acceptors (Lipinski definition) is 2. The van der Waals surface area contributed by atoms with E-state index in [-0.39, 0.29) is 0 Å². The SMILES string of the molecule is CN(CCN=[N+]=[N-])Cc1ccccc1. The predicted octanol–water partition coefficient (Wildman–Crippen LogP) is 2.43. The predicted molar refractivity (Wildman–Crippen MR) is 56.8 cm³/mol. The van der Waals surface area contributed by atoms with Gasteiger partial charge in [0.25, 0.3) is 0 Å². The summed E-state index contributed by atoms with van der Waals surface area (Å²) >= 11 is 0. The molecule has 1 aromatic rings. The molecule has 0 heterocycles. The van der Waals surface area contributed by atoms with Crippen LogP contribution in [0.25, 0.3) is 10.4 Å². The number of rotatable bonds is 5. The first kappa shape index (κ1) is 10.6. The minimum atomic E-state index is 0.528. The second-order valence-corrected chi connectivity index (χ2v) is 3.18. The molecule has 1 rings (SSSR count). The summed E-state index contributed by atoms with van der Waals surface area (Å²) < 4.78 is 0. The molecule has 0 bridgehead atoms. The van der Waals surface area contributed by atoms with Gasteiger partial charge in [0.2, 0.25) is 0 Å². The van der Waals surface area contributed by atoms with E-state index in [9.17, 15) is 0 Å². The summed E-state index contributed by atoms with van der Waals surface area (Å²) in [5.41, 5.74) is 9.38. The van der Waals surface area contributed by atoms with Crippen LogP contribution in [0.5, 0.6) is 0 Å². The molecule has 74 valence electrons. The standard InChI is InChI=1S/C10H14N4/c1-14(8-7-12-13-11)9-10-5-3-2-4-6-10/h2-6H,7-9H2,1H3. The van der Waals surface area contributed by atoms with Crippen molar-refractivity contribution >= 4 is 0 Å². The van der Waals surface area contributed by atoms with Crippen LogP contribution in [0.15, 0.2) is 35.4 Å². The molecule has 0 N–H and O–H groups in total. The van der Waals surface area contributed by atoms with E-state index in [2.05, 4.69) is 27.1 Å². The maximum atomic E-state index is 8.11. The summed E-state index contributed by atoms with van der Waals surface area (Å²) in [4.78, 5) is 4.84. The van der Waals surface area contributed by atoms with E-state index in [0.717, 1.165) is 13.1 Å². The number of hydrogen-bond donors (Lipinski definition) is 0. The van der Waals surface area contributed by atoms with E-state index < -0.39 is 0 Å². The van der Waals surface area contributed by atoms with Gasteiger partial charge in [-0.15, -0.1) is 0 Å². The molecule has 0 aliphatic rings. The quantitative estimate of drug-likeness (QED) is 0.399. The lowest BCUT2D eigenvalue weighted by atomic mass is 10.2. The fraction of sp³-hybridized carbons (Fsp3) is 0.400. The van der Waals surface area contributed by atoms with Crippen LogP contribution in [0.3, 0.4) is 0 Å². The Balaban J connectivity index is 2.33. The molecule has 4 nitrogen and oxygen atoms in total. The second-order valence-electron chi connectivity index (χ2n) is 3.18. The van der Waals surface area contributed by atoms with Crippen LogP contribution in [-0.2, 0) is 6.54 Å². The fourth-order valence-corrected chi connectivity index (χ4v) is 1.23. The van der Waals surface area contributed by atoms with Gasteiger partial charge in [-0.3, -0.25) is 0 Å². The Morgan fingerprint density at radius 2 is 2.07 bits per heavy atom. The maximum absolute atomic E-state index is 8.11. The molecule has 0 fully saturated rings. The van der Waals surface area contributed by atoms with Crippen molar-refractivity contribution in [2.24, 2.45) is 5.11 Å². The van der Waals surface area contributed by atoms with Gasteiger partial charge in [0.1, 0.15) is 0 Å². The Bertz CT molecular complexity index is 303. The van der Waals surface area contributed by atoms with E-state index in [0.29, 0.717) is 6.54 Å². The van der Waals surface area contributed by atoms with Crippen LogP contribution < -0.4 is 0 Å². The Morgan fingerprint density at radius 3 is 2.71 bits per heavy atom. The van der Waals surface area contributed by atoms with Crippen LogP contribution in [0, 0.1) is 0 Å². The molecule has 0 amide bonds. The molecular formula is C10H14N4. The molecule has 0 aromatic heterocycles. The van der Waals surface area contributed by atoms with Crippen LogP contribution in [0.4, 0.5) is 0 Å². The van der Waals surface area contributed by atoms with Crippen molar-refractivity contribution in [3.8, 4) is 0 Å². The number of nitrogens with zero attached hydrogens (tertiary/aromatic N) is 4. The first-order valence-electron chi connectivity index (χ1n) is 4.56. The smallest absolute Gasteiger partial charge is 0.0385 e. The van der Waals surface area contributed by atoms with E-state index in [1.54, 1.807) is 0 Å². The van der Waals surface area contributed by atoms with Gasteiger partial charge in [-0.2, -0.15) is 0 Å². The lowest BCUT2D eigenvalue weighted by molar-refractivity contribution is 0.336. The summed E-state index contributed by atoms with van der Waals surface area (Å²) in [5.74, 6) is 0. The van der Waals surface area contributed by atoms with Crippen molar-refractivity contribution in [3.05, 3.63) is 46.3 Å². The third-order valence-corrected chi connectivity index (χ3v) is 1.94. The van der Waals surface area contributed by atoms with Crippen molar-refractivity contribution in [1.82, 2.24) is 4.90 Å². The fourth-order valence-electron chi connectivity index (χ4n) is 1.23. The Kier molecular flexibility index (Phi) is 4.55. The first-order chi connectivity index (χ1) is 6.83. The summed E-state index contributed by atoms with van der Waals surface area (Å²) in [6.45, 7) is 2.21. The molecule has 14 heavy (non-hydrogen) atoms. The summed E-state index contributed by atoms with van der Waals surface area (Å²) in [5, 5.41) is 3.49. The van der Waals surface area contributed by atoms with Gasteiger partial charge < -0.3 is 4.90 Å². The van der Waals surface area contributed by atoms with Crippen LogP contribution >= 0.6 is 0 Å². The lowest BCUT2D eigenvalue weighted by Gasteiger charge is -2.14. The minimum Gasteiger partial charge on any atom is -0.302 e. The largest absolute Gasteiger partial charge is 0.302 e. The Hall–Kier alpha value is -1.51. The third-order valence-electron chi connectivity index (χ3n) is 1.94. The number of likely N-dealkylation sites (N-methyl/N-ethyl adjacent to an activating group) is 1. The average Bonchev–Trinajstić information content (AvgIpc) is 2.20. The van der Waals surface area contributed by atoms with Crippen LogP contribution in [-0.4, -0.2) is 25.0 Å². The molecular weight excluding hydrogens is 176 g/mol. The summed E-state index contributed by atoms with van der Waals surface area (Å²) in [6, 6.07) is 10.2. The van der Waals surface area contributed by atoms with Crippen molar-refractivity contribution in [3.63, 3.8) is 0 Å². The highest BCUT2D eigenvalue weighted by Gasteiger charge is 1.97. The average molecular weight is 190 g/mol. The highest BCUT2D eigenvalue weighted by atomic mass is 15.2. The molecule has 0 aliphatic carbocycles. The zero-order chi connectivity index (χ0) is 10.2. The Morgan fingerprint density at radius 1 is 1.36 bits per heavy atom. The van der Waals surface area contributed by atoms with Crippen molar-refractivity contribution < 1.29 is 0 Å². The maximum Gasteiger partial charge on any atom is 0.0385 e. The number of azide groups is 1. The third kappa shape index (κ3) is 3.94. The van der Waals surface area contributed by atoms with E-state index in [1.165, 1.54) is 5.56 Å². The van der Waals surface area contributed by atoms with E-state index >= 15 is 0 Å². The molecule has 0 atom stereocenters. The molecule has 0 saturated carbocycles. The highest BCUT2D eigenvalue weighted by Crippen LogP contribution is 2.01. The van der Waals surface area contributed by atoms with Crippen molar-refractivity contribution in [2.45, 2.75) is 6.54 Å². The highest BCUT2D eigenvalue weighted by molar-refractivity contribution is 5.14. The second kappa shape index (κ2) is 6.02. The molecule has 0 aliphatic heterocycles. The summed E-state index contributed by atoms with van der Waals surface area (Å²) in [7, 11) is 2.01. The minimum absolute atomic E-state index is 0.528. The molecule has 0 saturated heterocycles. The normalized spacial score (nSPS) is 9.86. The molecule has 4 heteroatoms. The number of benzene rings is 1. The Labute approximate surface area is 83.8 Å². The van der Waals surface area contributed by atoms with Crippen LogP contribution in [0.2, 0.25) is 0 Å². The summed E-state index contributed by atoms with van der Waals surface area (Å²) in [6.07, 6.45) is 0. The molecule has 0 unspecified atom stereocenters. The zero-order valence-electron chi connectivity index (χ0n) is 8.30. The zero-order valence-corrected chi connectivity index (χ0v) is 8.30. The topological polar surface area (TPSA) is 52.0 Å². The van der Waals surface area contributed by atoms with Gasteiger partial charge >= 0.3 is 0 Å². The van der Waals surface area contributed by atoms with E-state index in [4.69, 9.17) is 5.53 Å². The van der Waals surface area contributed by atoms with E-state index in [1.807, 2.05) is 25.2 Å². The lowest BCUT2D eigenvalue weighted by Crippen LogP contribution is -2.20. The van der Waals surface area contributed by atoms with Gasteiger partial charge in [-0.25, -0.2) is 0 Å². The van der Waals surface area contributed by atoms with Gasteiger partial charge in [0.05, 0.1) is 0 Å². The molecule has 0 radical (unpaired) electrons. The van der Waals surface area contributed by atoms with Gasteiger partial charge in [0, 0.05) is 24.5 Å². The molecule has 0 spiro atoms. The van der Waals surface area contributed by atoms with Crippen molar-refractivity contribution in [2.75, 3.05) is 20.1 Å². The first-order valence-corrected chi connectivity index (χ1v) is 4.56. The van der Waals surface area contributed by atoms with Crippen LogP contribution in [0.1, 0.15) is 5.56 Å². The van der Waals surface area contributed by atoms with Gasteiger partial charge in [-0.1, -0.05) is 35.4 Å².